The van der Waals surface area contributed by atoms with Gasteiger partial charge in [-0.05, 0) is 65.1 Å². The molecule has 1 aromatic heterocycles. The maximum absolute atomic E-state index is 6.32. The molecule has 1 heterocycles. The molecule has 0 atom stereocenters. The SMILES string of the molecule is Cc1ccc(C(C)C)c(OCc2nc3ccccc3n2CCOc2ccc3ccccc3c2)c1. The van der Waals surface area contributed by atoms with E-state index in [0.717, 1.165) is 28.4 Å². The normalized spacial score (nSPS) is 11.4. The predicted octanol–water partition coefficient (Wildman–Crippen LogP) is 7.28. The molecule has 5 rings (SSSR count). The van der Waals surface area contributed by atoms with Gasteiger partial charge in [0.2, 0.25) is 0 Å². The molecule has 5 aromatic rings. The Balaban J connectivity index is 1.35. The van der Waals surface area contributed by atoms with Gasteiger partial charge >= 0.3 is 0 Å². The van der Waals surface area contributed by atoms with Crippen molar-refractivity contribution < 1.29 is 9.47 Å². The van der Waals surface area contributed by atoms with Crippen LogP contribution in [0.25, 0.3) is 21.8 Å². The van der Waals surface area contributed by atoms with E-state index in [1.807, 2.05) is 24.3 Å². The number of aromatic nitrogens is 2. The summed E-state index contributed by atoms with van der Waals surface area (Å²) in [6.45, 7) is 8.13. The highest BCUT2D eigenvalue weighted by atomic mass is 16.5. The molecule has 0 radical (unpaired) electrons. The topological polar surface area (TPSA) is 36.3 Å². The summed E-state index contributed by atoms with van der Waals surface area (Å²) in [6.07, 6.45) is 0. The van der Waals surface area contributed by atoms with Gasteiger partial charge < -0.3 is 14.0 Å². The number of fused-ring (bicyclic) bond motifs is 2. The third kappa shape index (κ3) is 4.62. The zero-order valence-electron chi connectivity index (χ0n) is 20.0. The molecule has 4 nitrogen and oxygen atoms in total. The van der Waals surface area contributed by atoms with Crippen LogP contribution in [0.3, 0.4) is 0 Å². The van der Waals surface area contributed by atoms with Gasteiger partial charge in [0.1, 0.15) is 30.5 Å². The Morgan fingerprint density at radius 3 is 2.47 bits per heavy atom. The van der Waals surface area contributed by atoms with Crippen LogP contribution in [0.1, 0.15) is 36.7 Å². The van der Waals surface area contributed by atoms with Crippen LogP contribution >= 0.6 is 0 Å². The third-order valence-electron chi connectivity index (χ3n) is 6.19. The second-order valence-corrected chi connectivity index (χ2v) is 9.01. The van der Waals surface area contributed by atoms with Gasteiger partial charge in [-0.1, -0.05) is 68.4 Å². The van der Waals surface area contributed by atoms with Gasteiger partial charge in [-0.25, -0.2) is 4.98 Å². The molecule has 0 bridgehead atoms. The monoisotopic (exact) mass is 450 g/mol. The van der Waals surface area contributed by atoms with Crippen molar-refractivity contribution in [2.45, 2.75) is 39.8 Å². The fraction of sp³-hybridized carbons (Fsp3) is 0.233. The number of ether oxygens (including phenoxy) is 2. The summed E-state index contributed by atoms with van der Waals surface area (Å²) in [5.41, 5.74) is 4.47. The summed E-state index contributed by atoms with van der Waals surface area (Å²) in [4.78, 5) is 4.87. The molecule has 0 saturated carbocycles. The van der Waals surface area contributed by atoms with Gasteiger partial charge in [-0.3, -0.25) is 0 Å². The van der Waals surface area contributed by atoms with E-state index >= 15 is 0 Å². The molecule has 34 heavy (non-hydrogen) atoms. The number of hydrogen-bond donors (Lipinski definition) is 0. The minimum atomic E-state index is 0.393. The molecule has 0 aliphatic heterocycles. The Hall–Kier alpha value is -3.79. The summed E-state index contributed by atoms with van der Waals surface area (Å²) in [6, 6.07) is 29.2. The molecule has 0 aliphatic carbocycles. The number of nitrogens with zero attached hydrogens (tertiary/aromatic N) is 2. The molecule has 0 aliphatic rings. The molecule has 172 valence electrons. The fourth-order valence-corrected chi connectivity index (χ4v) is 4.38. The zero-order valence-corrected chi connectivity index (χ0v) is 20.0. The lowest BCUT2D eigenvalue weighted by Gasteiger charge is -2.16. The third-order valence-corrected chi connectivity index (χ3v) is 6.19. The molecule has 0 saturated heterocycles. The summed E-state index contributed by atoms with van der Waals surface area (Å²) in [7, 11) is 0. The molecular formula is C30H30N2O2. The first-order chi connectivity index (χ1) is 16.6. The molecular weight excluding hydrogens is 420 g/mol. The van der Waals surface area contributed by atoms with Gasteiger partial charge in [0.15, 0.2) is 0 Å². The first-order valence-corrected chi connectivity index (χ1v) is 11.9. The number of hydrogen-bond acceptors (Lipinski definition) is 3. The maximum atomic E-state index is 6.32. The van der Waals surface area contributed by atoms with Crippen LogP contribution in [-0.2, 0) is 13.2 Å². The van der Waals surface area contributed by atoms with Crippen molar-refractivity contribution in [2.75, 3.05) is 6.61 Å². The molecule has 4 aromatic carbocycles. The molecule has 0 amide bonds. The van der Waals surface area contributed by atoms with Crippen LogP contribution in [-0.4, -0.2) is 16.2 Å². The highest BCUT2D eigenvalue weighted by molar-refractivity contribution is 5.83. The van der Waals surface area contributed by atoms with E-state index in [-0.39, 0.29) is 0 Å². The van der Waals surface area contributed by atoms with E-state index in [1.165, 1.54) is 21.9 Å². The zero-order chi connectivity index (χ0) is 23.5. The first kappa shape index (κ1) is 22.0. The molecule has 0 fully saturated rings. The van der Waals surface area contributed by atoms with Crippen LogP contribution in [0.5, 0.6) is 11.5 Å². The minimum absolute atomic E-state index is 0.393. The quantitative estimate of drug-likeness (QED) is 0.249. The van der Waals surface area contributed by atoms with Crippen molar-refractivity contribution in [3.05, 3.63) is 102 Å². The molecule has 0 spiro atoms. The second kappa shape index (κ2) is 9.60. The number of aryl methyl sites for hydroxylation is 1. The van der Waals surface area contributed by atoms with Crippen molar-refractivity contribution in [3.8, 4) is 11.5 Å². The first-order valence-electron chi connectivity index (χ1n) is 11.9. The summed E-state index contributed by atoms with van der Waals surface area (Å²) in [5, 5.41) is 2.40. The van der Waals surface area contributed by atoms with Gasteiger partial charge in [-0.2, -0.15) is 0 Å². The van der Waals surface area contributed by atoms with Gasteiger partial charge in [0, 0.05) is 0 Å². The Bertz CT molecular complexity index is 1430. The van der Waals surface area contributed by atoms with E-state index in [1.54, 1.807) is 0 Å². The van der Waals surface area contributed by atoms with Crippen molar-refractivity contribution >= 4 is 21.8 Å². The van der Waals surface area contributed by atoms with Crippen molar-refractivity contribution in [3.63, 3.8) is 0 Å². The van der Waals surface area contributed by atoms with E-state index in [9.17, 15) is 0 Å². The number of imidazole rings is 1. The van der Waals surface area contributed by atoms with Crippen molar-refractivity contribution in [2.24, 2.45) is 0 Å². The maximum Gasteiger partial charge on any atom is 0.148 e. The lowest BCUT2D eigenvalue weighted by atomic mass is 10.0. The number of rotatable bonds is 8. The summed E-state index contributed by atoms with van der Waals surface area (Å²) in [5.74, 6) is 3.10. The van der Waals surface area contributed by atoms with Crippen LogP contribution in [0.15, 0.2) is 84.9 Å². The van der Waals surface area contributed by atoms with Gasteiger partial charge in [-0.15, -0.1) is 0 Å². The smallest absolute Gasteiger partial charge is 0.148 e. The molecule has 0 N–H and O–H groups in total. The van der Waals surface area contributed by atoms with Crippen molar-refractivity contribution in [1.29, 1.82) is 0 Å². The van der Waals surface area contributed by atoms with Crippen molar-refractivity contribution in [1.82, 2.24) is 9.55 Å². The number of benzene rings is 4. The molecule has 4 heteroatoms. The van der Waals surface area contributed by atoms with Crippen LogP contribution < -0.4 is 9.47 Å². The molecule has 0 unspecified atom stereocenters. The highest BCUT2D eigenvalue weighted by Crippen LogP contribution is 2.29. The largest absolute Gasteiger partial charge is 0.492 e. The lowest BCUT2D eigenvalue weighted by molar-refractivity contribution is 0.270. The Morgan fingerprint density at radius 2 is 1.62 bits per heavy atom. The summed E-state index contributed by atoms with van der Waals surface area (Å²) < 4.78 is 14.7. The Kier molecular flexibility index (Phi) is 6.22. The van der Waals surface area contributed by atoms with E-state index < -0.39 is 0 Å². The fourth-order valence-electron chi connectivity index (χ4n) is 4.38. The second-order valence-electron chi connectivity index (χ2n) is 9.01. The Labute approximate surface area is 200 Å². The van der Waals surface area contributed by atoms with E-state index in [2.05, 4.69) is 86.0 Å². The van der Waals surface area contributed by atoms with Gasteiger partial charge in [0.05, 0.1) is 17.6 Å². The van der Waals surface area contributed by atoms with Crippen LogP contribution in [0.4, 0.5) is 0 Å². The Morgan fingerprint density at radius 1 is 0.824 bits per heavy atom. The minimum Gasteiger partial charge on any atom is -0.492 e. The number of para-hydroxylation sites is 2. The van der Waals surface area contributed by atoms with Crippen LogP contribution in [0, 0.1) is 6.92 Å². The average molecular weight is 451 g/mol. The van der Waals surface area contributed by atoms with E-state index in [4.69, 9.17) is 14.5 Å². The highest BCUT2D eigenvalue weighted by Gasteiger charge is 2.14. The lowest BCUT2D eigenvalue weighted by Crippen LogP contribution is -2.13. The van der Waals surface area contributed by atoms with Crippen LogP contribution in [0.2, 0.25) is 0 Å². The average Bonchev–Trinajstić information content (AvgIpc) is 3.20. The standard InChI is InChI=1S/C30H30N2O2/c1-21(2)26-15-12-22(3)18-29(26)34-20-30-31-27-10-6-7-11-28(27)32(30)16-17-33-25-14-13-23-8-4-5-9-24(23)19-25/h4-15,18-19,21H,16-17,20H2,1-3H3. The van der Waals surface area contributed by atoms with Gasteiger partial charge in [0.25, 0.3) is 0 Å². The predicted molar refractivity (Wildman–Crippen MR) is 139 cm³/mol. The van der Waals surface area contributed by atoms with E-state index in [0.29, 0.717) is 25.7 Å². The summed E-state index contributed by atoms with van der Waals surface area (Å²) >= 11 is 0.